The lowest BCUT2D eigenvalue weighted by Gasteiger charge is -2.22. The Morgan fingerprint density at radius 2 is 2.26 bits per heavy atom. The summed E-state index contributed by atoms with van der Waals surface area (Å²) in [5.41, 5.74) is 2.92. The lowest BCUT2D eigenvalue weighted by molar-refractivity contribution is 0.493. The van der Waals surface area contributed by atoms with Crippen LogP contribution in [0.2, 0.25) is 0 Å². The van der Waals surface area contributed by atoms with E-state index < -0.39 is 0 Å². The Hall–Kier alpha value is -1.84. The molecule has 0 amide bonds. The number of hydrogen-bond donors (Lipinski definition) is 1. The average molecular weight is 256 g/mol. The zero-order valence-electron chi connectivity index (χ0n) is 11.5. The molecule has 100 valence electrons. The maximum atomic E-state index is 4.14. The Morgan fingerprint density at radius 3 is 2.95 bits per heavy atom. The summed E-state index contributed by atoms with van der Waals surface area (Å²) in [6.45, 7) is 5.39. The van der Waals surface area contributed by atoms with Crippen molar-refractivity contribution >= 4 is 5.69 Å². The maximum absolute atomic E-state index is 4.14. The average Bonchev–Trinajstić information content (AvgIpc) is 2.95. The topological polar surface area (TPSA) is 42.7 Å². The summed E-state index contributed by atoms with van der Waals surface area (Å²) in [5.74, 6) is 0. The van der Waals surface area contributed by atoms with Gasteiger partial charge in [0.25, 0.3) is 0 Å². The van der Waals surface area contributed by atoms with E-state index >= 15 is 0 Å². The molecule has 1 unspecified atom stereocenters. The first-order valence-electron chi connectivity index (χ1n) is 6.84. The van der Waals surface area contributed by atoms with Crippen molar-refractivity contribution in [1.29, 1.82) is 0 Å². The third-order valence-corrected chi connectivity index (χ3v) is 4.21. The van der Waals surface area contributed by atoms with Crippen molar-refractivity contribution in [2.24, 2.45) is 5.41 Å². The van der Waals surface area contributed by atoms with Gasteiger partial charge < -0.3 is 5.32 Å². The van der Waals surface area contributed by atoms with Gasteiger partial charge in [-0.2, -0.15) is 5.10 Å². The predicted octanol–water partition coefficient (Wildman–Crippen LogP) is 2.93. The molecule has 4 nitrogen and oxygen atoms in total. The number of nitrogens with zero attached hydrogens (tertiary/aromatic N) is 3. The molecule has 1 aromatic heterocycles. The van der Waals surface area contributed by atoms with E-state index in [1.807, 2.05) is 4.68 Å². The van der Waals surface area contributed by atoms with Crippen LogP contribution in [-0.4, -0.2) is 20.8 Å². The molecule has 1 aromatic carbocycles. The van der Waals surface area contributed by atoms with Crippen molar-refractivity contribution < 1.29 is 0 Å². The smallest absolute Gasteiger partial charge is 0.137 e. The van der Waals surface area contributed by atoms with Crippen molar-refractivity contribution in [2.45, 2.75) is 39.3 Å². The Bertz CT molecular complexity index is 543. The van der Waals surface area contributed by atoms with Crippen molar-refractivity contribution in [3.63, 3.8) is 0 Å². The van der Waals surface area contributed by atoms with Crippen LogP contribution in [0.15, 0.2) is 36.9 Å². The molecule has 4 heteroatoms. The van der Waals surface area contributed by atoms with Crippen LogP contribution < -0.4 is 5.32 Å². The maximum Gasteiger partial charge on any atom is 0.137 e. The van der Waals surface area contributed by atoms with Crippen LogP contribution in [0.4, 0.5) is 5.69 Å². The van der Waals surface area contributed by atoms with Gasteiger partial charge >= 0.3 is 0 Å². The number of nitrogens with one attached hydrogen (secondary N) is 1. The number of benzene rings is 1. The minimum absolute atomic E-state index is 0.488. The SMILES string of the molecule is CC(Nc1cccc(Cn2cncn2)c1)C1(C)CC1. The molecule has 1 N–H and O–H groups in total. The molecule has 0 aliphatic heterocycles. The van der Waals surface area contributed by atoms with Crippen LogP contribution in [-0.2, 0) is 6.54 Å². The summed E-state index contributed by atoms with van der Waals surface area (Å²) in [4.78, 5) is 3.97. The highest BCUT2D eigenvalue weighted by Gasteiger charge is 2.42. The third kappa shape index (κ3) is 2.78. The fourth-order valence-electron chi connectivity index (χ4n) is 2.32. The van der Waals surface area contributed by atoms with Crippen molar-refractivity contribution in [2.75, 3.05) is 5.32 Å². The number of rotatable bonds is 5. The third-order valence-electron chi connectivity index (χ3n) is 4.21. The van der Waals surface area contributed by atoms with E-state index in [-0.39, 0.29) is 0 Å². The number of hydrogen-bond acceptors (Lipinski definition) is 3. The largest absolute Gasteiger partial charge is 0.382 e. The molecular weight excluding hydrogens is 236 g/mol. The molecule has 1 fully saturated rings. The second kappa shape index (κ2) is 4.68. The first kappa shape index (κ1) is 12.2. The van der Waals surface area contributed by atoms with Gasteiger partial charge in [-0.3, -0.25) is 0 Å². The van der Waals surface area contributed by atoms with Crippen LogP contribution in [0.3, 0.4) is 0 Å². The van der Waals surface area contributed by atoms with Crippen molar-refractivity contribution in [3.05, 3.63) is 42.5 Å². The Kier molecular flexibility index (Phi) is 3.01. The van der Waals surface area contributed by atoms with Gasteiger partial charge in [0.15, 0.2) is 0 Å². The first-order valence-corrected chi connectivity index (χ1v) is 6.84. The summed E-state index contributed by atoms with van der Waals surface area (Å²) in [6, 6.07) is 9.07. The molecule has 2 aromatic rings. The summed E-state index contributed by atoms with van der Waals surface area (Å²) in [6.07, 6.45) is 5.98. The minimum Gasteiger partial charge on any atom is -0.382 e. The molecule has 1 heterocycles. The first-order chi connectivity index (χ1) is 9.16. The second-order valence-corrected chi connectivity index (χ2v) is 5.81. The van der Waals surface area contributed by atoms with Crippen LogP contribution in [0.5, 0.6) is 0 Å². The molecule has 0 saturated heterocycles. The fraction of sp³-hybridized carbons (Fsp3) is 0.467. The molecular formula is C15H20N4. The summed E-state index contributed by atoms with van der Waals surface area (Å²) in [7, 11) is 0. The highest BCUT2D eigenvalue weighted by Crippen LogP contribution is 2.48. The van der Waals surface area contributed by atoms with Gasteiger partial charge in [0.2, 0.25) is 0 Å². The number of anilines is 1. The summed E-state index contributed by atoms with van der Waals surface area (Å²) in [5, 5.41) is 7.76. The van der Waals surface area contributed by atoms with Gasteiger partial charge in [0.1, 0.15) is 12.7 Å². The molecule has 0 spiro atoms. The zero-order chi connectivity index (χ0) is 13.3. The Balaban J connectivity index is 1.69. The molecule has 0 radical (unpaired) electrons. The highest BCUT2D eigenvalue weighted by atomic mass is 15.3. The fourth-order valence-corrected chi connectivity index (χ4v) is 2.32. The lowest BCUT2D eigenvalue weighted by atomic mass is 10.0. The van der Waals surface area contributed by atoms with E-state index in [1.165, 1.54) is 24.1 Å². The van der Waals surface area contributed by atoms with E-state index in [1.54, 1.807) is 12.7 Å². The van der Waals surface area contributed by atoms with E-state index in [9.17, 15) is 0 Å². The Morgan fingerprint density at radius 1 is 1.42 bits per heavy atom. The molecule has 1 aliphatic carbocycles. The normalized spacial score (nSPS) is 18.0. The van der Waals surface area contributed by atoms with Gasteiger partial charge in [0.05, 0.1) is 6.54 Å². The van der Waals surface area contributed by atoms with Gasteiger partial charge in [0, 0.05) is 11.7 Å². The monoisotopic (exact) mass is 256 g/mol. The van der Waals surface area contributed by atoms with E-state index in [0.717, 1.165) is 6.54 Å². The van der Waals surface area contributed by atoms with Crippen LogP contribution in [0.25, 0.3) is 0 Å². The molecule has 1 saturated carbocycles. The van der Waals surface area contributed by atoms with Gasteiger partial charge in [-0.1, -0.05) is 19.1 Å². The van der Waals surface area contributed by atoms with Gasteiger partial charge in [-0.15, -0.1) is 0 Å². The minimum atomic E-state index is 0.488. The van der Waals surface area contributed by atoms with E-state index in [2.05, 4.69) is 53.5 Å². The summed E-state index contributed by atoms with van der Waals surface area (Å²) < 4.78 is 1.84. The van der Waals surface area contributed by atoms with Crippen LogP contribution in [0, 0.1) is 5.41 Å². The Labute approximate surface area is 113 Å². The predicted molar refractivity (Wildman–Crippen MR) is 76.0 cm³/mol. The molecule has 19 heavy (non-hydrogen) atoms. The molecule has 1 aliphatic rings. The second-order valence-electron chi connectivity index (χ2n) is 5.81. The van der Waals surface area contributed by atoms with E-state index in [0.29, 0.717) is 11.5 Å². The highest BCUT2D eigenvalue weighted by molar-refractivity contribution is 5.47. The summed E-state index contributed by atoms with van der Waals surface area (Å²) >= 11 is 0. The lowest BCUT2D eigenvalue weighted by Crippen LogP contribution is -2.24. The van der Waals surface area contributed by atoms with E-state index in [4.69, 9.17) is 0 Å². The van der Waals surface area contributed by atoms with Crippen molar-refractivity contribution in [3.8, 4) is 0 Å². The van der Waals surface area contributed by atoms with Crippen LogP contribution in [0.1, 0.15) is 32.3 Å². The quantitative estimate of drug-likeness (QED) is 0.894. The van der Waals surface area contributed by atoms with Gasteiger partial charge in [-0.25, -0.2) is 9.67 Å². The van der Waals surface area contributed by atoms with Crippen LogP contribution >= 0.6 is 0 Å². The number of aromatic nitrogens is 3. The molecule has 1 atom stereocenters. The van der Waals surface area contributed by atoms with Gasteiger partial charge in [-0.05, 0) is 42.9 Å². The standard InChI is InChI=1S/C15H20N4/c1-12(15(2)6-7-15)18-14-5-3-4-13(8-14)9-19-11-16-10-17-19/h3-5,8,10-12,18H,6-7,9H2,1-2H3. The van der Waals surface area contributed by atoms with Crippen molar-refractivity contribution in [1.82, 2.24) is 14.8 Å². The molecule has 3 rings (SSSR count). The molecule has 0 bridgehead atoms. The zero-order valence-corrected chi connectivity index (χ0v) is 11.5.